The number of carboxylic acids is 1. The van der Waals surface area contributed by atoms with E-state index in [1.54, 1.807) is 6.92 Å². The number of nitrogens with zero attached hydrogens (tertiary/aromatic N) is 2. The molecule has 0 bridgehead atoms. The fraction of sp³-hybridized carbons (Fsp3) is 0.500. The van der Waals surface area contributed by atoms with Crippen molar-refractivity contribution in [3.8, 4) is 0 Å². The lowest BCUT2D eigenvalue weighted by molar-refractivity contribution is -0.148. The fourth-order valence-electron chi connectivity index (χ4n) is 5.57. The summed E-state index contributed by atoms with van der Waals surface area (Å²) in [7, 11) is 0. The molecule has 1 heterocycles. The highest BCUT2D eigenvalue weighted by Crippen LogP contribution is 2.38. The third kappa shape index (κ3) is 7.29. The van der Waals surface area contributed by atoms with E-state index in [-0.39, 0.29) is 24.3 Å². The van der Waals surface area contributed by atoms with Gasteiger partial charge >= 0.3 is 5.97 Å². The molecule has 1 aliphatic heterocycles. The number of carbonyl (C=O) groups excluding carboxylic acids is 2. The summed E-state index contributed by atoms with van der Waals surface area (Å²) in [5.41, 5.74) is 2.03. The second-order valence-corrected chi connectivity index (χ2v) is 11.2. The first kappa shape index (κ1) is 29.3. The van der Waals surface area contributed by atoms with Crippen molar-refractivity contribution in [3.63, 3.8) is 0 Å². The fourth-order valence-corrected chi connectivity index (χ4v) is 5.57. The van der Waals surface area contributed by atoms with Crippen LogP contribution in [0.25, 0.3) is 0 Å². The number of carboxylic acid groups (broad SMARTS) is 1. The van der Waals surface area contributed by atoms with Crippen LogP contribution in [-0.2, 0) is 25.7 Å². The van der Waals surface area contributed by atoms with E-state index in [0.29, 0.717) is 37.7 Å². The van der Waals surface area contributed by atoms with Gasteiger partial charge in [0.25, 0.3) is 5.91 Å². The molecule has 8 nitrogen and oxygen atoms in total. The maximum Gasteiger partial charge on any atom is 0.309 e. The van der Waals surface area contributed by atoms with Crippen LogP contribution in [0.2, 0.25) is 0 Å². The van der Waals surface area contributed by atoms with Crippen molar-refractivity contribution in [3.05, 3.63) is 71.3 Å². The first-order valence-corrected chi connectivity index (χ1v) is 14.5. The maximum absolute atomic E-state index is 13.4. The molecular weight excluding hydrogens is 506 g/mol. The van der Waals surface area contributed by atoms with Gasteiger partial charge < -0.3 is 15.2 Å². The van der Waals surface area contributed by atoms with Crippen LogP contribution in [0.5, 0.6) is 0 Å². The summed E-state index contributed by atoms with van der Waals surface area (Å²) in [6.45, 7) is 4.51. The predicted molar refractivity (Wildman–Crippen MR) is 154 cm³/mol. The van der Waals surface area contributed by atoms with Gasteiger partial charge in [-0.05, 0) is 68.2 Å². The highest BCUT2D eigenvalue weighted by molar-refractivity contribution is 5.97. The van der Waals surface area contributed by atoms with Crippen molar-refractivity contribution in [2.45, 2.75) is 77.7 Å². The van der Waals surface area contributed by atoms with E-state index in [0.717, 1.165) is 55.2 Å². The van der Waals surface area contributed by atoms with Gasteiger partial charge in [0.1, 0.15) is 0 Å². The van der Waals surface area contributed by atoms with E-state index < -0.39 is 11.4 Å². The Morgan fingerprint density at radius 1 is 1.10 bits per heavy atom. The smallest absolute Gasteiger partial charge is 0.309 e. The van der Waals surface area contributed by atoms with Crippen LogP contribution >= 0.6 is 0 Å². The number of benzene rings is 2. The topological polar surface area (TPSA) is 108 Å². The van der Waals surface area contributed by atoms with Crippen LogP contribution in [0.4, 0.5) is 0 Å². The van der Waals surface area contributed by atoms with Crippen LogP contribution in [0.3, 0.4) is 0 Å². The van der Waals surface area contributed by atoms with Crippen molar-refractivity contribution in [2.75, 3.05) is 13.2 Å². The van der Waals surface area contributed by atoms with Gasteiger partial charge in [-0.2, -0.15) is 0 Å². The molecule has 1 aliphatic carbocycles. The first-order chi connectivity index (χ1) is 19.3. The molecule has 2 atom stereocenters. The molecule has 2 unspecified atom stereocenters. The number of unbranched alkanes of at least 4 members (excludes halogenated alkanes) is 1. The normalized spacial score (nSPS) is 18.0. The lowest BCUT2D eigenvalue weighted by Gasteiger charge is -2.25. The summed E-state index contributed by atoms with van der Waals surface area (Å²) in [6, 6.07) is 17.5. The largest absolute Gasteiger partial charge is 0.481 e. The molecule has 2 amide bonds. The number of carbonyl (C=O) groups is 3. The van der Waals surface area contributed by atoms with Gasteiger partial charge in [0.05, 0.1) is 17.9 Å². The van der Waals surface area contributed by atoms with Crippen molar-refractivity contribution in [2.24, 2.45) is 16.4 Å². The number of hydrogen-bond donors (Lipinski definition) is 2. The van der Waals surface area contributed by atoms with Crippen LogP contribution in [0.15, 0.2) is 59.7 Å². The minimum Gasteiger partial charge on any atom is -0.481 e. The molecule has 0 radical (unpaired) electrons. The SMILES string of the molecule is CCC(C)(CCCCNC(=O)C(c1ccc(CN2N=C(c3ccccc3)OCC2=O)cc1)C1CCCC1)C(=O)O. The number of amides is 2. The number of hydrogen-bond acceptors (Lipinski definition) is 5. The molecule has 2 N–H and O–H groups in total. The minimum atomic E-state index is -0.759. The molecule has 40 heavy (non-hydrogen) atoms. The molecule has 214 valence electrons. The number of rotatable bonds is 13. The molecule has 0 saturated heterocycles. The lowest BCUT2D eigenvalue weighted by atomic mass is 9.82. The zero-order valence-electron chi connectivity index (χ0n) is 23.6. The van der Waals surface area contributed by atoms with E-state index in [4.69, 9.17) is 4.74 Å². The quantitative estimate of drug-likeness (QED) is 0.324. The number of nitrogens with one attached hydrogen (secondary N) is 1. The highest BCUT2D eigenvalue weighted by atomic mass is 16.5. The maximum atomic E-state index is 13.4. The van der Waals surface area contributed by atoms with Crippen LogP contribution in [0.1, 0.15) is 87.8 Å². The van der Waals surface area contributed by atoms with Crippen molar-refractivity contribution in [1.82, 2.24) is 10.3 Å². The number of aliphatic carboxylic acids is 1. The van der Waals surface area contributed by atoms with E-state index >= 15 is 0 Å². The van der Waals surface area contributed by atoms with E-state index in [9.17, 15) is 19.5 Å². The molecule has 2 aliphatic rings. The molecule has 0 spiro atoms. The van der Waals surface area contributed by atoms with Crippen molar-refractivity contribution in [1.29, 1.82) is 0 Å². The van der Waals surface area contributed by atoms with Gasteiger partial charge in [-0.3, -0.25) is 14.4 Å². The second-order valence-electron chi connectivity index (χ2n) is 11.2. The molecule has 8 heteroatoms. The highest BCUT2D eigenvalue weighted by Gasteiger charge is 2.33. The van der Waals surface area contributed by atoms with Crippen LogP contribution < -0.4 is 5.32 Å². The van der Waals surface area contributed by atoms with Crippen LogP contribution in [-0.4, -0.2) is 46.9 Å². The first-order valence-electron chi connectivity index (χ1n) is 14.5. The van der Waals surface area contributed by atoms with E-state index in [1.807, 2.05) is 61.5 Å². The molecule has 2 aromatic rings. The zero-order valence-corrected chi connectivity index (χ0v) is 23.6. The Bertz CT molecular complexity index is 1190. The monoisotopic (exact) mass is 547 g/mol. The van der Waals surface area contributed by atoms with E-state index in [2.05, 4.69) is 10.4 Å². The molecule has 2 aromatic carbocycles. The molecule has 0 aromatic heterocycles. The summed E-state index contributed by atoms with van der Waals surface area (Å²) < 4.78 is 5.55. The standard InChI is InChI=1S/C32H41N3O5/c1-3-32(2,31(38)39)19-9-10-20-33-29(37)28(24-11-7-8-12-24)25-17-15-23(16-18-25)21-35-27(36)22-40-30(34-35)26-13-5-4-6-14-26/h4-6,13-18,24,28H,3,7-12,19-22H2,1-2H3,(H,33,37)(H,38,39). The van der Waals surface area contributed by atoms with E-state index in [1.165, 1.54) is 5.01 Å². The molecular formula is C32H41N3O5. The Labute approximate surface area is 236 Å². The van der Waals surface area contributed by atoms with Crippen molar-refractivity contribution < 1.29 is 24.2 Å². The average Bonchev–Trinajstić information content (AvgIpc) is 3.49. The Morgan fingerprint density at radius 3 is 2.45 bits per heavy atom. The summed E-state index contributed by atoms with van der Waals surface area (Å²) >= 11 is 0. The minimum absolute atomic E-state index is 0.0385. The lowest BCUT2D eigenvalue weighted by Crippen LogP contribution is -2.36. The second kappa shape index (κ2) is 13.6. The average molecular weight is 548 g/mol. The molecule has 4 rings (SSSR count). The third-order valence-corrected chi connectivity index (χ3v) is 8.43. The van der Waals surface area contributed by atoms with Gasteiger partial charge in [-0.15, -0.1) is 5.10 Å². The summed E-state index contributed by atoms with van der Waals surface area (Å²) in [5.74, 6) is -0.405. The van der Waals surface area contributed by atoms with Crippen molar-refractivity contribution >= 4 is 23.7 Å². The van der Waals surface area contributed by atoms with Gasteiger partial charge in [0, 0.05) is 12.1 Å². The van der Waals surface area contributed by atoms with Gasteiger partial charge in [-0.25, -0.2) is 5.01 Å². The molecule has 1 fully saturated rings. The zero-order chi connectivity index (χ0) is 28.5. The van der Waals surface area contributed by atoms with Crippen LogP contribution in [0, 0.1) is 11.3 Å². The summed E-state index contributed by atoms with van der Waals surface area (Å²) in [4.78, 5) is 37.4. The number of hydrazone groups is 1. The Hall–Kier alpha value is -3.68. The van der Waals surface area contributed by atoms with Gasteiger partial charge in [0.2, 0.25) is 11.8 Å². The third-order valence-electron chi connectivity index (χ3n) is 8.43. The Morgan fingerprint density at radius 2 is 1.80 bits per heavy atom. The Balaban J connectivity index is 1.38. The summed E-state index contributed by atoms with van der Waals surface area (Å²) in [6.07, 6.45) is 7.05. The molecule has 1 saturated carbocycles. The Kier molecular flexibility index (Phi) is 9.96. The summed E-state index contributed by atoms with van der Waals surface area (Å²) in [5, 5.41) is 18.5. The van der Waals surface area contributed by atoms with Gasteiger partial charge in [0.15, 0.2) is 6.61 Å². The number of ether oxygens (including phenoxy) is 1. The van der Waals surface area contributed by atoms with Gasteiger partial charge in [-0.1, -0.05) is 68.7 Å². The predicted octanol–water partition coefficient (Wildman–Crippen LogP) is 5.47.